The number of guanidine groups is 1. The number of piperidine rings is 1. The van der Waals surface area contributed by atoms with Crippen molar-refractivity contribution in [2.45, 2.75) is 31.8 Å². The van der Waals surface area contributed by atoms with Crippen LogP contribution in [-0.2, 0) is 0 Å². The second-order valence-electron chi connectivity index (χ2n) is 8.62. The highest BCUT2D eigenvalue weighted by Crippen LogP contribution is 2.30. The highest BCUT2D eigenvalue weighted by Gasteiger charge is 2.22. The van der Waals surface area contributed by atoms with Gasteiger partial charge in [-0.1, -0.05) is 0 Å². The average molecular weight is 433 g/mol. The number of rotatable bonds is 7. The van der Waals surface area contributed by atoms with Crippen LogP contribution in [0.3, 0.4) is 0 Å². The quantitative estimate of drug-likeness (QED) is 0.500. The molecule has 2 aliphatic heterocycles. The molecule has 1 unspecified atom stereocenters. The molecular weight excluding hydrogens is 392 g/mol. The van der Waals surface area contributed by atoms with Gasteiger partial charge in [-0.2, -0.15) is 0 Å². The molecule has 1 aromatic rings. The lowest BCUT2D eigenvalue weighted by molar-refractivity contribution is 0.120. The van der Waals surface area contributed by atoms with Gasteiger partial charge in [-0.05, 0) is 26.8 Å². The minimum absolute atomic E-state index is 0.425. The van der Waals surface area contributed by atoms with E-state index in [-0.39, 0.29) is 0 Å². The van der Waals surface area contributed by atoms with Gasteiger partial charge in [0.15, 0.2) is 5.96 Å². The van der Waals surface area contributed by atoms with Crippen LogP contribution >= 0.6 is 0 Å². The van der Waals surface area contributed by atoms with Crippen molar-refractivity contribution in [3.63, 3.8) is 0 Å². The summed E-state index contributed by atoms with van der Waals surface area (Å²) in [5.41, 5.74) is 1.15. The first kappa shape index (κ1) is 23.5. The van der Waals surface area contributed by atoms with Crippen LogP contribution in [0.5, 0.6) is 11.5 Å². The Bertz CT molecular complexity index is 690. The maximum absolute atomic E-state index is 5.42. The standard InChI is InChI=1S/C23H40N6O2/c1-18(28-12-10-27(3)11-13-28)17-25-23(24-2)26-19-6-8-29(9-7-19)20-14-21(30-4)16-22(15-20)31-5/h14-16,18-19H,6-13,17H2,1-5H3,(H2,24,25,26). The molecule has 174 valence electrons. The fourth-order valence-electron chi connectivity index (χ4n) is 4.28. The van der Waals surface area contributed by atoms with Gasteiger partial charge >= 0.3 is 0 Å². The lowest BCUT2D eigenvalue weighted by Crippen LogP contribution is -2.54. The molecule has 0 saturated carbocycles. The van der Waals surface area contributed by atoms with Crippen LogP contribution in [0.2, 0.25) is 0 Å². The largest absolute Gasteiger partial charge is 0.497 e. The summed E-state index contributed by atoms with van der Waals surface area (Å²) in [7, 11) is 7.44. The summed E-state index contributed by atoms with van der Waals surface area (Å²) in [6.07, 6.45) is 2.13. The van der Waals surface area contributed by atoms with Gasteiger partial charge < -0.3 is 29.9 Å². The van der Waals surface area contributed by atoms with Crippen molar-refractivity contribution in [2.75, 3.05) is 79.0 Å². The van der Waals surface area contributed by atoms with E-state index in [1.807, 2.05) is 13.1 Å². The van der Waals surface area contributed by atoms with Crippen LogP contribution in [-0.4, -0.2) is 102 Å². The first-order valence-corrected chi connectivity index (χ1v) is 11.4. The maximum Gasteiger partial charge on any atom is 0.191 e. The first-order valence-electron chi connectivity index (χ1n) is 11.4. The molecule has 1 aromatic carbocycles. The van der Waals surface area contributed by atoms with Crippen LogP contribution in [0.25, 0.3) is 0 Å². The van der Waals surface area contributed by atoms with Gasteiger partial charge in [0.05, 0.1) is 14.2 Å². The zero-order chi connectivity index (χ0) is 22.2. The number of piperazine rings is 1. The minimum atomic E-state index is 0.425. The lowest BCUT2D eigenvalue weighted by atomic mass is 10.0. The fourth-order valence-corrected chi connectivity index (χ4v) is 4.28. The van der Waals surface area contributed by atoms with Gasteiger partial charge in [0, 0.05) is 88.8 Å². The van der Waals surface area contributed by atoms with Crippen LogP contribution in [0.1, 0.15) is 19.8 Å². The molecule has 8 heteroatoms. The fraction of sp³-hybridized carbons (Fsp3) is 0.696. The smallest absolute Gasteiger partial charge is 0.191 e. The minimum Gasteiger partial charge on any atom is -0.497 e. The molecule has 3 rings (SSSR count). The van der Waals surface area contributed by atoms with Crippen molar-refractivity contribution < 1.29 is 9.47 Å². The summed E-state index contributed by atoms with van der Waals surface area (Å²) in [6, 6.07) is 7.00. The number of aliphatic imine (C=N–C) groups is 1. The SMILES string of the molecule is CN=C(NCC(C)N1CCN(C)CC1)NC1CCN(c2cc(OC)cc(OC)c2)CC1. The molecule has 2 N–H and O–H groups in total. The number of hydrogen-bond donors (Lipinski definition) is 2. The van der Waals surface area contributed by atoms with E-state index >= 15 is 0 Å². The Labute approximate surface area is 187 Å². The van der Waals surface area contributed by atoms with Crippen molar-refractivity contribution in [1.29, 1.82) is 0 Å². The summed E-state index contributed by atoms with van der Waals surface area (Å²) in [5, 5.41) is 7.16. The van der Waals surface area contributed by atoms with E-state index in [0.29, 0.717) is 12.1 Å². The van der Waals surface area contributed by atoms with Gasteiger partial charge in [0.1, 0.15) is 11.5 Å². The predicted octanol–water partition coefficient (Wildman–Crippen LogP) is 1.47. The monoisotopic (exact) mass is 432 g/mol. The van der Waals surface area contributed by atoms with Crippen LogP contribution in [0.15, 0.2) is 23.2 Å². The number of likely N-dealkylation sites (N-methyl/N-ethyl adjacent to an activating group) is 1. The van der Waals surface area contributed by atoms with E-state index in [0.717, 1.165) is 81.8 Å². The molecule has 1 atom stereocenters. The average Bonchev–Trinajstić information content (AvgIpc) is 2.81. The number of nitrogens with zero attached hydrogens (tertiary/aromatic N) is 4. The Morgan fingerprint density at radius 3 is 2.19 bits per heavy atom. The molecular formula is C23H40N6O2. The highest BCUT2D eigenvalue weighted by molar-refractivity contribution is 5.80. The van der Waals surface area contributed by atoms with Gasteiger partial charge in [-0.25, -0.2) is 0 Å². The van der Waals surface area contributed by atoms with E-state index in [4.69, 9.17) is 9.47 Å². The number of methoxy groups -OCH3 is 2. The van der Waals surface area contributed by atoms with Crippen molar-refractivity contribution >= 4 is 11.6 Å². The number of anilines is 1. The first-order chi connectivity index (χ1) is 15.0. The summed E-state index contributed by atoms with van der Waals surface area (Å²) in [5.74, 6) is 2.56. The molecule has 0 bridgehead atoms. The van der Waals surface area contributed by atoms with Crippen molar-refractivity contribution in [3.05, 3.63) is 18.2 Å². The third-order valence-corrected chi connectivity index (χ3v) is 6.49. The molecule has 2 heterocycles. The Morgan fingerprint density at radius 2 is 1.65 bits per heavy atom. The van der Waals surface area contributed by atoms with E-state index < -0.39 is 0 Å². The molecule has 31 heavy (non-hydrogen) atoms. The maximum atomic E-state index is 5.42. The summed E-state index contributed by atoms with van der Waals surface area (Å²) < 4.78 is 10.8. The Morgan fingerprint density at radius 1 is 1.03 bits per heavy atom. The van der Waals surface area contributed by atoms with Crippen LogP contribution in [0, 0.1) is 0 Å². The zero-order valence-electron chi connectivity index (χ0n) is 19.9. The van der Waals surface area contributed by atoms with E-state index in [9.17, 15) is 0 Å². The topological polar surface area (TPSA) is 64.6 Å². The third-order valence-electron chi connectivity index (χ3n) is 6.49. The van der Waals surface area contributed by atoms with Crippen molar-refractivity contribution in [2.24, 2.45) is 4.99 Å². The highest BCUT2D eigenvalue weighted by atomic mass is 16.5. The van der Waals surface area contributed by atoms with Crippen LogP contribution < -0.4 is 25.0 Å². The number of benzene rings is 1. The van der Waals surface area contributed by atoms with E-state index in [1.165, 1.54) is 0 Å². The zero-order valence-corrected chi connectivity index (χ0v) is 19.9. The second-order valence-corrected chi connectivity index (χ2v) is 8.62. The predicted molar refractivity (Wildman–Crippen MR) is 128 cm³/mol. The normalized spacial score (nSPS) is 20.4. The summed E-state index contributed by atoms with van der Waals surface area (Å²) in [4.78, 5) is 11.8. The Hall–Kier alpha value is -2.19. The van der Waals surface area contributed by atoms with Gasteiger partial charge in [0.2, 0.25) is 0 Å². The van der Waals surface area contributed by atoms with Crippen molar-refractivity contribution in [3.8, 4) is 11.5 Å². The molecule has 2 aliphatic rings. The molecule has 0 aromatic heterocycles. The Balaban J connectivity index is 1.45. The molecule has 2 saturated heterocycles. The number of nitrogens with one attached hydrogen (secondary N) is 2. The van der Waals surface area contributed by atoms with E-state index in [1.54, 1.807) is 14.2 Å². The van der Waals surface area contributed by atoms with Gasteiger partial charge in [-0.3, -0.25) is 9.89 Å². The molecule has 0 aliphatic carbocycles. The molecule has 0 radical (unpaired) electrons. The summed E-state index contributed by atoms with van der Waals surface area (Å²) >= 11 is 0. The molecule has 8 nitrogen and oxygen atoms in total. The van der Waals surface area contributed by atoms with Crippen molar-refractivity contribution in [1.82, 2.24) is 20.4 Å². The van der Waals surface area contributed by atoms with E-state index in [2.05, 4.69) is 56.4 Å². The van der Waals surface area contributed by atoms with Gasteiger partial charge in [-0.15, -0.1) is 0 Å². The lowest BCUT2D eigenvalue weighted by Gasteiger charge is -2.37. The number of ether oxygens (including phenoxy) is 2. The Kier molecular flexibility index (Phi) is 8.66. The molecule has 2 fully saturated rings. The molecule has 0 amide bonds. The third kappa shape index (κ3) is 6.64. The second kappa shape index (κ2) is 11.4. The van der Waals surface area contributed by atoms with Gasteiger partial charge in [0.25, 0.3) is 0 Å². The number of hydrogen-bond acceptors (Lipinski definition) is 6. The van der Waals surface area contributed by atoms with Crippen LogP contribution in [0.4, 0.5) is 5.69 Å². The molecule has 0 spiro atoms. The summed E-state index contributed by atoms with van der Waals surface area (Å²) in [6.45, 7) is 9.76.